The summed E-state index contributed by atoms with van der Waals surface area (Å²) < 4.78 is 0. The second-order valence-corrected chi connectivity index (χ2v) is 7.55. The molecular weight excluding hydrogens is 352 g/mol. The number of allylic oxidation sites excluding steroid dienone is 2. The van der Waals surface area contributed by atoms with E-state index in [2.05, 4.69) is 28.1 Å². The fourth-order valence-corrected chi connectivity index (χ4v) is 3.91. The van der Waals surface area contributed by atoms with Crippen LogP contribution in [0.15, 0.2) is 42.1 Å². The van der Waals surface area contributed by atoms with Crippen molar-refractivity contribution in [2.45, 2.75) is 32.6 Å². The average Bonchev–Trinajstić information content (AvgIpc) is 2.71. The first kappa shape index (κ1) is 20.6. The summed E-state index contributed by atoms with van der Waals surface area (Å²) >= 11 is 0. The molecular formula is C22H32N4O2. The fourth-order valence-electron chi connectivity index (χ4n) is 3.91. The second kappa shape index (κ2) is 10.4. The molecule has 2 aliphatic rings. The molecule has 1 N–H and O–H groups in total. The van der Waals surface area contributed by atoms with E-state index in [0.29, 0.717) is 13.1 Å². The minimum Gasteiger partial charge on any atom is -0.325 e. The number of hydrogen-bond donors (Lipinski definition) is 1. The summed E-state index contributed by atoms with van der Waals surface area (Å²) in [6.07, 6.45) is 6.75. The molecule has 28 heavy (non-hydrogen) atoms. The molecule has 0 spiro atoms. The second-order valence-electron chi connectivity index (χ2n) is 7.55. The number of para-hydroxylation sites is 1. The zero-order chi connectivity index (χ0) is 19.8. The van der Waals surface area contributed by atoms with Gasteiger partial charge in [0.25, 0.3) is 0 Å². The van der Waals surface area contributed by atoms with Crippen molar-refractivity contribution < 1.29 is 9.59 Å². The summed E-state index contributed by atoms with van der Waals surface area (Å²) in [6.45, 7) is 6.91. The molecule has 6 nitrogen and oxygen atoms in total. The van der Waals surface area contributed by atoms with Gasteiger partial charge in [0.2, 0.25) is 11.8 Å². The van der Waals surface area contributed by atoms with Crippen molar-refractivity contribution in [2.24, 2.45) is 0 Å². The van der Waals surface area contributed by atoms with E-state index in [0.717, 1.165) is 51.3 Å². The van der Waals surface area contributed by atoms with E-state index in [1.165, 1.54) is 18.5 Å². The van der Waals surface area contributed by atoms with Gasteiger partial charge in [0.15, 0.2) is 0 Å². The van der Waals surface area contributed by atoms with Crippen molar-refractivity contribution in [2.75, 3.05) is 51.1 Å². The van der Waals surface area contributed by atoms with Crippen molar-refractivity contribution >= 4 is 17.5 Å². The van der Waals surface area contributed by atoms with Gasteiger partial charge < -0.3 is 10.2 Å². The van der Waals surface area contributed by atoms with Gasteiger partial charge in [-0.2, -0.15) is 0 Å². The Hall–Kier alpha value is -2.18. The van der Waals surface area contributed by atoms with E-state index in [-0.39, 0.29) is 11.8 Å². The van der Waals surface area contributed by atoms with Crippen LogP contribution in [0, 0.1) is 0 Å². The maximum absolute atomic E-state index is 12.8. The first-order valence-corrected chi connectivity index (χ1v) is 10.4. The number of carbonyl (C=O) groups is 2. The molecule has 0 radical (unpaired) electrons. The first-order chi connectivity index (χ1) is 13.7. The lowest BCUT2D eigenvalue weighted by molar-refractivity contribution is -0.131. The molecule has 152 valence electrons. The van der Waals surface area contributed by atoms with E-state index < -0.39 is 0 Å². The molecule has 1 aliphatic carbocycles. The van der Waals surface area contributed by atoms with E-state index in [9.17, 15) is 9.59 Å². The van der Waals surface area contributed by atoms with Crippen molar-refractivity contribution in [3.05, 3.63) is 42.1 Å². The molecule has 1 fully saturated rings. The average molecular weight is 385 g/mol. The van der Waals surface area contributed by atoms with Gasteiger partial charge in [-0.3, -0.25) is 19.4 Å². The number of hydrogen-bond acceptors (Lipinski definition) is 4. The predicted molar refractivity (Wildman–Crippen MR) is 112 cm³/mol. The number of rotatable bonds is 7. The van der Waals surface area contributed by atoms with Gasteiger partial charge in [-0.05, 0) is 44.7 Å². The number of nitrogens with one attached hydrogen (secondary N) is 1. The first-order valence-electron chi connectivity index (χ1n) is 10.4. The molecule has 1 heterocycles. The van der Waals surface area contributed by atoms with Crippen LogP contribution >= 0.6 is 0 Å². The molecule has 1 aromatic carbocycles. The van der Waals surface area contributed by atoms with E-state index in [1.54, 1.807) is 0 Å². The van der Waals surface area contributed by atoms with Gasteiger partial charge in [0, 0.05) is 44.1 Å². The third kappa shape index (κ3) is 5.91. The predicted octanol–water partition coefficient (Wildman–Crippen LogP) is 2.55. The van der Waals surface area contributed by atoms with E-state index in [1.807, 2.05) is 35.2 Å². The van der Waals surface area contributed by atoms with Crippen LogP contribution in [-0.4, -0.2) is 72.3 Å². The van der Waals surface area contributed by atoms with Crippen LogP contribution in [0.4, 0.5) is 5.69 Å². The smallest absolute Gasteiger partial charge is 0.240 e. The quantitative estimate of drug-likeness (QED) is 0.785. The Balaban J connectivity index is 1.41. The number of piperazine rings is 1. The Kier molecular flexibility index (Phi) is 7.62. The lowest BCUT2D eigenvalue weighted by Crippen LogP contribution is -2.51. The van der Waals surface area contributed by atoms with Crippen LogP contribution in [0.2, 0.25) is 0 Å². The molecule has 0 bridgehead atoms. The molecule has 1 saturated heterocycles. The molecule has 6 heteroatoms. The SMILES string of the molecule is CCN(C(=O)CN1CCN(CC(=O)Nc2ccccc2)CC1)C1=CCCCC1. The molecule has 3 rings (SSSR count). The zero-order valence-electron chi connectivity index (χ0n) is 16.9. The zero-order valence-corrected chi connectivity index (χ0v) is 16.9. The standard InChI is InChI=1S/C22H32N4O2/c1-2-26(20-11-7-4-8-12-20)22(28)18-25-15-13-24(14-16-25)17-21(27)23-19-9-5-3-6-10-19/h3,5-6,9-11H,2,4,7-8,12-18H2,1H3,(H,23,27). The molecule has 2 amide bonds. The maximum atomic E-state index is 12.8. The molecule has 0 aromatic heterocycles. The minimum absolute atomic E-state index is 0.0112. The highest BCUT2D eigenvalue weighted by Gasteiger charge is 2.24. The summed E-state index contributed by atoms with van der Waals surface area (Å²) in [6, 6.07) is 9.54. The molecule has 0 saturated carbocycles. The van der Waals surface area contributed by atoms with Gasteiger partial charge >= 0.3 is 0 Å². The highest BCUT2D eigenvalue weighted by Crippen LogP contribution is 2.21. The monoisotopic (exact) mass is 384 g/mol. The van der Waals surface area contributed by atoms with Crippen LogP contribution in [0.3, 0.4) is 0 Å². The van der Waals surface area contributed by atoms with Crippen molar-refractivity contribution in [1.82, 2.24) is 14.7 Å². The van der Waals surface area contributed by atoms with Gasteiger partial charge in [-0.25, -0.2) is 0 Å². The number of benzene rings is 1. The summed E-state index contributed by atoms with van der Waals surface area (Å²) in [5, 5.41) is 2.93. The van der Waals surface area contributed by atoms with Gasteiger partial charge in [-0.1, -0.05) is 24.3 Å². The highest BCUT2D eigenvalue weighted by atomic mass is 16.2. The largest absolute Gasteiger partial charge is 0.325 e. The normalized spacial score (nSPS) is 18.4. The Morgan fingerprint density at radius 3 is 2.29 bits per heavy atom. The highest BCUT2D eigenvalue weighted by molar-refractivity contribution is 5.92. The maximum Gasteiger partial charge on any atom is 0.240 e. The summed E-state index contributed by atoms with van der Waals surface area (Å²) in [7, 11) is 0. The van der Waals surface area contributed by atoms with Crippen LogP contribution in [0.5, 0.6) is 0 Å². The van der Waals surface area contributed by atoms with Gasteiger partial charge in [0.05, 0.1) is 13.1 Å². The van der Waals surface area contributed by atoms with Crippen LogP contribution in [0.1, 0.15) is 32.6 Å². The lowest BCUT2D eigenvalue weighted by atomic mass is 10.0. The number of amides is 2. The topological polar surface area (TPSA) is 55.9 Å². The van der Waals surface area contributed by atoms with Crippen molar-refractivity contribution in [3.8, 4) is 0 Å². The van der Waals surface area contributed by atoms with E-state index >= 15 is 0 Å². The molecule has 0 atom stereocenters. The Bertz CT molecular complexity index is 681. The van der Waals surface area contributed by atoms with Crippen LogP contribution in [0.25, 0.3) is 0 Å². The van der Waals surface area contributed by atoms with Gasteiger partial charge in [-0.15, -0.1) is 0 Å². The number of anilines is 1. The van der Waals surface area contributed by atoms with Crippen LogP contribution < -0.4 is 5.32 Å². The number of carbonyl (C=O) groups excluding carboxylic acids is 2. The molecule has 0 unspecified atom stereocenters. The summed E-state index contributed by atoms with van der Waals surface area (Å²) in [5.41, 5.74) is 2.03. The Morgan fingerprint density at radius 1 is 1.00 bits per heavy atom. The third-order valence-corrected chi connectivity index (χ3v) is 5.48. The molecule has 1 aliphatic heterocycles. The van der Waals surface area contributed by atoms with Crippen molar-refractivity contribution in [1.29, 1.82) is 0 Å². The summed E-state index contributed by atoms with van der Waals surface area (Å²) in [4.78, 5) is 31.3. The van der Waals surface area contributed by atoms with Crippen LogP contribution in [-0.2, 0) is 9.59 Å². The number of nitrogens with zero attached hydrogens (tertiary/aromatic N) is 3. The van der Waals surface area contributed by atoms with Crippen molar-refractivity contribution in [3.63, 3.8) is 0 Å². The number of likely N-dealkylation sites (N-methyl/N-ethyl adjacent to an activating group) is 1. The van der Waals surface area contributed by atoms with Gasteiger partial charge in [0.1, 0.15) is 0 Å². The lowest BCUT2D eigenvalue weighted by Gasteiger charge is -2.35. The molecule has 1 aromatic rings. The third-order valence-electron chi connectivity index (χ3n) is 5.48. The Labute approximate surface area is 168 Å². The minimum atomic E-state index is 0.0112. The summed E-state index contributed by atoms with van der Waals surface area (Å²) in [5.74, 6) is 0.211. The van der Waals surface area contributed by atoms with E-state index in [4.69, 9.17) is 0 Å². The Morgan fingerprint density at radius 2 is 1.68 bits per heavy atom. The fraction of sp³-hybridized carbons (Fsp3) is 0.545.